The summed E-state index contributed by atoms with van der Waals surface area (Å²) in [5, 5.41) is 3.08. The van der Waals surface area contributed by atoms with Gasteiger partial charge in [0.1, 0.15) is 5.76 Å². The van der Waals surface area contributed by atoms with Crippen molar-refractivity contribution in [1.29, 1.82) is 0 Å². The summed E-state index contributed by atoms with van der Waals surface area (Å²) in [5.74, 6) is 1.15. The van der Waals surface area contributed by atoms with Crippen LogP contribution in [-0.2, 0) is 0 Å². The Morgan fingerprint density at radius 3 is 2.33 bits per heavy atom. The first kappa shape index (κ1) is 12.2. The van der Waals surface area contributed by atoms with E-state index < -0.39 is 0 Å². The molecule has 0 spiro atoms. The number of hydrogen-bond donors (Lipinski definition) is 1. The van der Waals surface area contributed by atoms with E-state index in [2.05, 4.69) is 20.3 Å². The predicted octanol–water partition coefficient (Wildman–Crippen LogP) is 1.65. The minimum atomic E-state index is -0.0724. The lowest BCUT2D eigenvalue weighted by atomic mass is 10.2. The Hall–Kier alpha value is -2.31. The Bertz CT molecular complexity index is 479. The second-order valence-corrected chi connectivity index (χ2v) is 3.51. The average molecular weight is 250 g/mol. The normalized spacial score (nSPS) is 11.9. The molecule has 2 aromatic rings. The van der Waals surface area contributed by atoms with Gasteiger partial charge in [0.2, 0.25) is 5.95 Å². The minimum Gasteiger partial charge on any atom is -0.467 e. The molecule has 2 aromatic heterocycles. The van der Waals surface area contributed by atoms with Crippen LogP contribution in [0.2, 0.25) is 0 Å². The van der Waals surface area contributed by atoms with Crippen molar-refractivity contribution < 1.29 is 13.9 Å². The van der Waals surface area contributed by atoms with Crippen molar-refractivity contribution in [2.24, 2.45) is 0 Å². The molecule has 96 valence electrons. The molecule has 18 heavy (non-hydrogen) atoms. The lowest BCUT2D eigenvalue weighted by molar-refractivity contribution is 0.340. The van der Waals surface area contributed by atoms with Gasteiger partial charge in [0.05, 0.1) is 26.5 Å². The van der Waals surface area contributed by atoms with Crippen molar-refractivity contribution in [2.75, 3.05) is 19.5 Å². The summed E-state index contributed by atoms with van der Waals surface area (Å²) >= 11 is 0. The molecule has 0 saturated carbocycles. The van der Waals surface area contributed by atoms with E-state index in [1.165, 1.54) is 14.2 Å². The Morgan fingerprint density at radius 2 is 1.83 bits per heavy atom. The van der Waals surface area contributed by atoms with Crippen LogP contribution < -0.4 is 14.8 Å². The van der Waals surface area contributed by atoms with Crippen molar-refractivity contribution in [3.63, 3.8) is 0 Å². The van der Waals surface area contributed by atoms with Crippen LogP contribution in [0, 0.1) is 0 Å². The van der Waals surface area contributed by atoms with E-state index in [1.54, 1.807) is 6.26 Å². The standard InChI is InChI=1S/C11H14N4O3/c1-7(8-5-4-6-18-8)12-9-13-10(16-2)15-11(14-9)17-3/h4-7H,1-3H3,(H,12,13,14,15). The summed E-state index contributed by atoms with van der Waals surface area (Å²) in [6.45, 7) is 1.93. The quantitative estimate of drug-likeness (QED) is 0.863. The molecule has 0 aliphatic carbocycles. The number of aromatic nitrogens is 3. The maximum atomic E-state index is 5.28. The maximum absolute atomic E-state index is 5.28. The smallest absolute Gasteiger partial charge is 0.324 e. The largest absolute Gasteiger partial charge is 0.467 e. The van der Waals surface area contributed by atoms with Crippen molar-refractivity contribution in [1.82, 2.24) is 15.0 Å². The Balaban J connectivity index is 2.17. The van der Waals surface area contributed by atoms with Crippen molar-refractivity contribution in [2.45, 2.75) is 13.0 Å². The second kappa shape index (κ2) is 5.35. The van der Waals surface area contributed by atoms with Gasteiger partial charge in [-0.3, -0.25) is 0 Å². The van der Waals surface area contributed by atoms with Crippen molar-refractivity contribution in [3.8, 4) is 12.0 Å². The van der Waals surface area contributed by atoms with Crippen LogP contribution in [0.15, 0.2) is 22.8 Å². The molecule has 7 nitrogen and oxygen atoms in total. The average Bonchev–Trinajstić information content (AvgIpc) is 2.92. The number of anilines is 1. The maximum Gasteiger partial charge on any atom is 0.324 e. The van der Waals surface area contributed by atoms with Crippen LogP contribution in [0.25, 0.3) is 0 Å². The fraction of sp³-hybridized carbons (Fsp3) is 0.364. The molecule has 2 rings (SSSR count). The van der Waals surface area contributed by atoms with Crippen LogP contribution in [0.4, 0.5) is 5.95 Å². The summed E-state index contributed by atoms with van der Waals surface area (Å²) in [4.78, 5) is 12.1. The van der Waals surface area contributed by atoms with Gasteiger partial charge >= 0.3 is 12.0 Å². The molecule has 0 fully saturated rings. The molecular formula is C11H14N4O3. The predicted molar refractivity (Wildman–Crippen MR) is 63.7 cm³/mol. The molecule has 1 N–H and O–H groups in total. The zero-order chi connectivity index (χ0) is 13.0. The number of hydrogen-bond acceptors (Lipinski definition) is 7. The van der Waals surface area contributed by atoms with E-state index in [4.69, 9.17) is 13.9 Å². The van der Waals surface area contributed by atoms with E-state index in [0.29, 0.717) is 5.95 Å². The van der Waals surface area contributed by atoms with Gasteiger partial charge in [-0.15, -0.1) is 4.98 Å². The summed E-state index contributed by atoms with van der Waals surface area (Å²) in [6, 6.07) is 4.00. The number of methoxy groups -OCH3 is 2. The van der Waals surface area contributed by atoms with Gasteiger partial charge in [-0.25, -0.2) is 0 Å². The van der Waals surface area contributed by atoms with E-state index in [1.807, 2.05) is 19.1 Å². The highest BCUT2D eigenvalue weighted by Crippen LogP contribution is 2.19. The number of furan rings is 1. The highest BCUT2D eigenvalue weighted by molar-refractivity contribution is 5.30. The van der Waals surface area contributed by atoms with E-state index >= 15 is 0 Å². The van der Waals surface area contributed by atoms with Gasteiger partial charge in [0, 0.05) is 0 Å². The van der Waals surface area contributed by atoms with Crippen LogP contribution in [-0.4, -0.2) is 29.2 Å². The molecule has 7 heteroatoms. The SMILES string of the molecule is COc1nc(NC(C)c2ccco2)nc(OC)n1. The minimum absolute atomic E-state index is 0.0724. The third-order valence-electron chi connectivity index (χ3n) is 2.28. The van der Waals surface area contributed by atoms with Gasteiger partial charge in [0.15, 0.2) is 0 Å². The highest BCUT2D eigenvalue weighted by atomic mass is 16.5. The van der Waals surface area contributed by atoms with Gasteiger partial charge in [-0.05, 0) is 19.1 Å². The first-order valence-electron chi connectivity index (χ1n) is 5.37. The molecule has 0 saturated heterocycles. The Morgan fingerprint density at radius 1 is 1.17 bits per heavy atom. The zero-order valence-corrected chi connectivity index (χ0v) is 10.4. The number of nitrogens with one attached hydrogen (secondary N) is 1. The number of ether oxygens (including phenoxy) is 2. The highest BCUT2D eigenvalue weighted by Gasteiger charge is 2.12. The summed E-state index contributed by atoms with van der Waals surface area (Å²) < 4.78 is 15.2. The number of nitrogens with zero attached hydrogens (tertiary/aromatic N) is 3. The van der Waals surface area contributed by atoms with Crippen molar-refractivity contribution in [3.05, 3.63) is 24.2 Å². The third-order valence-corrected chi connectivity index (χ3v) is 2.28. The van der Waals surface area contributed by atoms with Crippen LogP contribution >= 0.6 is 0 Å². The van der Waals surface area contributed by atoms with E-state index in [9.17, 15) is 0 Å². The van der Waals surface area contributed by atoms with Crippen LogP contribution in [0.3, 0.4) is 0 Å². The third kappa shape index (κ3) is 2.68. The van der Waals surface area contributed by atoms with Crippen LogP contribution in [0.5, 0.6) is 12.0 Å². The topological polar surface area (TPSA) is 82.3 Å². The Labute approximate surface area is 104 Å². The number of rotatable bonds is 5. The lowest BCUT2D eigenvalue weighted by Crippen LogP contribution is -2.10. The van der Waals surface area contributed by atoms with Gasteiger partial charge in [0.25, 0.3) is 0 Å². The second-order valence-electron chi connectivity index (χ2n) is 3.51. The molecule has 1 atom stereocenters. The molecule has 0 aromatic carbocycles. The molecule has 0 radical (unpaired) electrons. The first-order valence-corrected chi connectivity index (χ1v) is 5.37. The summed E-state index contributed by atoms with van der Waals surface area (Å²) in [7, 11) is 2.96. The molecule has 0 bridgehead atoms. The first-order chi connectivity index (χ1) is 8.72. The van der Waals surface area contributed by atoms with Crippen molar-refractivity contribution >= 4 is 5.95 Å². The Kier molecular flexibility index (Phi) is 3.61. The van der Waals surface area contributed by atoms with Gasteiger partial charge in [-0.1, -0.05) is 0 Å². The summed E-state index contributed by atoms with van der Waals surface area (Å²) in [6.07, 6.45) is 1.61. The monoisotopic (exact) mass is 250 g/mol. The lowest BCUT2D eigenvalue weighted by Gasteiger charge is -2.12. The fourth-order valence-electron chi connectivity index (χ4n) is 1.39. The molecular weight excluding hydrogens is 236 g/mol. The molecule has 2 heterocycles. The molecule has 0 aliphatic rings. The molecule has 1 unspecified atom stereocenters. The van der Waals surface area contributed by atoms with Gasteiger partial charge < -0.3 is 19.2 Å². The fourth-order valence-corrected chi connectivity index (χ4v) is 1.39. The molecule has 0 amide bonds. The zero-order valence-electron chi connectivity index (χ0n) is 10.4. The summed E-state index contributed by atoms with van der Waals surface area (Å²) in [5.41, 5.74) is 0. The van der Waals surface area contributed by atoms with E-state index in [-0.39, 0.29) is 18.1 Å². The molecule has 0 aliphatic heterocycles. The van der Waals surface area contributed by atoms with Gasteiger partial charge in [-0.2, -0.15) is 9.97 Å². The van der Waals surface area contributed by atoms with E-state index in [0.717, 1.165) is 5.76 Å². The van der Waals surface area contributed by atoms with Crippen LogP contribution in [0.1, 0.15) is 18.7 Å².